The third-order valence-electron chi connectivity index (χ3n) is 5.27. The first-order valence-electron chi connectivity index (χ1n) is 9.97. The lowest BCUT2D eigenvalue weighted by atomic mass is 10.0. The van der Waals surface area contributed by atoms with Crippen molar-refractivity contribution in [2.75, 3.05) is 31.2 Å². The molecule has 0 bridgehead atoms. The quantitative estimate of drug-likeness (QED) is 0.682. The predicted octanol–water partition coefficient (Wildman–Crippen LogP) is 4.69. The van der Waals surface area contributed by atoms with Gasteiger partial charge >= 0.3 is 0 Å². The number of halogens is 1. The maximum Gasteiger partial charge on any atom is 0.165 e. The molecule has 1 aliphatic heterocycles. The van der Waals surface area contributed by atoms with E-state index >= 15 is 0 Å². The first-order valence-corrected chi connectivity index (χ1v) is 9.97. The van der Waals surface area contributed by atoms with E-state index in [9.17, 15) is 9.50 Å². The van der Waals surface area contributed by atoms with Crippen molar-refractivity contribution >= 4 is 17.5 Å². The predicted molar refractivity (Wildman–Crippen MR) is 117 cm³/mol. The van der Waals surface area contributed by atoms with Crippen molar-refractivity contribution in [1.82, 2.24) is 9.97 Å². The Morgan fingerprint density at radius 3 is 2.47 bits per heavy atom. The van der Waals surface area contributed by atoms with E-state index in [1.165, 1.54) is 12.1 Å². The van der Waals surface area contributed by atoms with Gasteiger partial charge in [-0.1, -0.05) is 24.3 Å². The summed E-state index contributed by atoms with van der Waals surface area (Å²) in [5.74, 6) is 1.18. The van der Waals surface area contributed by atoms with Crippen LogP contribution in [0.5, 0.6) is 5.75 Å². The van der Waals surface area contributed by atoms with E-state index in [4.69, 9.17) is 14.7 Å². The summed E-state index contributed by atoms with van der Waals surface area (Å²) in [6, 6.07) is 13.5. The van der Waals surface area contributed by atoms with Crippen molar-refractivity contribution in [2.45, 2.75) is 13.8 Å². The van der Waals surface area contributed by atoms with Gasteiger partial charge in [0.15, 0.2) is 5.82 Å². The highest BCUT2D eigenvalue weighted by Crippen LogP contribution is 2.31. The molecule has 4 rings (SSSR count). The first-order chi connectivity index (χ1) is 14.5. The van der Waals surface area contributed by atoms with Gasteiger partial charge in [-0.15, -0.1) is 0 Å². The largest absolute Gasteiger partial charge is 0.507 e. The van der Waals surface area contributed by atoms with Crippen LogP contribution in [0.25, 0.3) is 23.0 Å². The van der Waals surface area contributed by atoms with Crippen LogP contribution in [0.2, 0.25) is 0 Å². The average molecular weight is 405 g/mol. The number of aromatic hydroxyl groups is 1. The third-order valence-corrected chi connectivity index (χ3v) is 5.27. The fraction of sp³-hybridized carbons (Fsp3) is 0.250. The number of morpholine rings is 1. The lowest BCUT2D eigenvalue weighted by molar-refractivity contribution is 0.122. The number of para-hydroxylation sites is 1. The molecule has 1 fully saturated rings. The molecule has 0 unspecified atom stereocenters. The van der Waals surface area contributed by atoms with E-state index in [2.05, 4.69) is 4.90 Å². The Hall–Kier alpha value is -3.25. The number of phenols is 1. The van der Waals surface area contributed by atoms with Gasteiger partial charge in [-0.25, -0.2) is 14.4 Å². The summed E-state index contributed by atoms with van der Waals surface area (Å²) in [7, 11) is 0. The molecule has 6 heteroatoms. The van der Waals surface area contributed by atoms with Gasteiger partial charge in [0, 0.05) is 18.7 Å². The van der Waals surface area contributed by atoms with Crippen LogP contribution in [-0.4, -0.2) is 41.4 Å². The molecule has 0 saturated carbocycles. The number of hydrogen-bond acceptors (Lipinski definition) is 5. The van der Waals surface area contributed by atoms with Gasteiger partial charge in [0.2, 0.25) is 0 Å². The molecule has 0 amide bonds. The molecule has 2 aromatic carbocycles. The van der Waals surface area contributed by atoms with Gasteiger partial charge in [-0.2, -0.15) is 0 Å². The maximum atomic E-state index is 13.3. The number of aromatic nitrogens is 2. The minimum atomic E-state index is -0.263. The second-order valence-electron chi connectivity index (χ2n) is 7.33. The van der Waals surface area contributed by atoms with Crippen molar-refractivity contribution in [1.29, 1.82) is 0 Å². The van der Waals surface area contributed by atoms with Gasteiger partial charge in [-0.3, -0.25) is 0 Å². The van der Waals surface area contributed by atoms with Crippen molar-refractivity contribution in [3.8, 4) is 17.1 Å². The number of phenolic OH excluding ortho intramolecular Hbond substituents is 1. The molecular weight excluding hydrogens is 381 g/mol. The summed E-state index contributed by atoms with van der Waals surface area (Å²) in [5.41, 5.74) is 4.20. The number of hydrogen-bond donors (Lipinski definition) is 1. The van der Waals surface area contributed by atoms with Gasteiger partial charge in [0.25, 0.3) is 0 Å². The van der Waals surface area contributed by atoms with Crippen LogP contribution >= 0.6 is 0 Å². The molecule has 0 radical (unpaired) electrons. The highest BCUT2D eigenvalue weighted by Gasteiger charge is 2.20. The van der Waals surface area contributed by atoms with Crippen LogP contribution < -0.4 is 4.90 Å². The monoisotopic (exact) mass is 405 g/mol. The van der Waals surface area contributed by atoms with E-state index < -0.39 is 0 Å². The summed E-state index contributed by atoms with van der Waals surface area (Å²) in [6.45, 7) is 6.77. The normalized spacial score (nSPS) is 14.8. The highest BCUT2D eigenvalue weighted by molar-refractivity contribution is 5.82. The molecule has 2 heterocycles. The fourth-order valence-electron chi connectivity index (χ4n) is 3.53. The van der Waals surface area contributed by atoms with Crippen LogP contribution in [0.1, 0.15) is 23.7 Å². The second-order valence-corrected chi connectivity index (χ2v) is 7.33. The van der Waals surface area contributed by atoms with E-state index in [0.717, 1.165) is 41.3 Å². The SMILES string of the molecule is C/C(=C\c1nc(-c2ccccc2O)nc(N2CCOCC2)c1C)c1ccc(F)cc1. The standard InChI is InChI=1S/C24H24FN3O2/c1-16(18-7-9-19(25)10-8-18)15-21-17(2)24(28-11-13-30-14-12-28)27-23(26-21)20-5-3-4-6-22(20)29/h3-10,15,29H,11-14H2,1-2H3/b16-15+. The Bertz CT molecular complexity index is 1070. The Kier molecular flexibility index (Phi) is 5.77. The second kappa shape index (κ2) is 8.63. The van der Waals surface area contributed by atoms with Crippen molar-refractivity contribution in [2.24, 2.45) is 0 Å². The Balaban J connectivity index is 1.84. The zero-order valence-corrected chi connectivity index (χ0v) is 17.1. The molecule has 0 spiro atoms. The molecule has 30 heavy (non-hydrogen) atoms. The molecule has 3 aromatic rings. The van der Waals surface area contributed by atoms with Crippen LogP contribution in [0.3, 0.4) is 0 Å². The number of ether oxygens (including phenoxy) is 1. The van der Waals surface area contributed by atoms with Crippen molar-refractivity contribution in [3.63, 3.8) is 0 Å². The van der Waals surface area contributed by atoms with Crippen molar-refractivity contribution in [3.05, 3.63) is 71.2 Å². The molecule has 0 atom stereocenters. The lowest BCUT2D eigenvalue weighted by Gasteiger charge is -2.29. The molecule has 1 saturated heterocycles. The molecular formula is C24H24FN3O2. The minimum Gasteiger partial charge on any atom is -0.507 e. The third kappa shape index (κ3) is 4.19. The van der Waals surface area contributed by atoms with Crippen molar-refractivity contribution < 1.29 is 14.2 Å². The topological polar surface area (TPSA) is 58.5 Å². The summed E-state index contributed by atoms with van der Waals surface area (Å²) >= 11 is 0. The van der Waals surface area contributed by atoms with E-state index in [0.29, 0.717) is 24.6 Å². The highest BCUT2D eigenvalue weighted by atomic mass is 19.1. The summed E-state index contributed by atoms with van der Waals surface area (Å²) in [4.78, 5) is 11.8. The van der Waals surface area contributed by atoms with E-state index in [1.54, 1.807) is 24.3 Å². The summed E-state index contributed by atoms with van der Waals surface area (Å²) in [6.07, 6.45) is 1.98. The first kappa shape index (κ1) is 20.0. The Morgan fingerprint density at radius 1 is 1.07 bits per heavy atom. The molecule has 154 valence electrons. The van der Waals surface area contributed by atoms with Crippen LogP contribution in [0.4, 0.5) is 10.2 Å². The Morgan fingerprint density at radius 2 is 1.77 bits per heavy atom. The number of benzene rings is 2. The van der Waals surface area contributed by atoms with Crippen LogP contribution in [0.15, 0.2) is 48.5 Å². The fourth-order valence-corrected chi connectivity index (χ4v) is 3.53. The number of rotatable bonds is 4. The van der Waals surface area contributed by atoms with E-state index in [1.807, 2.05) is 32.1 Å². The minimum absolute atomic E-state index is 0.138. The molecule has 1 aliphatic rings. The molecule has 1 N–H and O–H groups in total. The number of anilines is 1. The maximum absolute atomic E-state index is 13.3. The smallest absolute Gasteiger partial charge is 0.165 e. The van der Waals surface area contributed by atoms with E-state index in [-0.39, 0.29) is 11.6 Å². The molecule has 1 aromatic heterocycles. The summed E-state index contributed by atoms with van der Waals surface area (Å²) in [5, 5.41) is 10.3. The lowest BCUT2D eigenvalue weighted by Crippen LogP contribution is -2.37. The summed E-state index contributed by atoms with van der Waals surface area (Å²) < 4.78 is 18.8. The molecule has 0 aliphatic carbocycles. The average Bonchev–Trinajstić information content (AvgIpc) is 2.76. The Labute approximate surface area is 175 Å². The zero-order chi connectivity index (χ0) is 21.1. The number of allylic oxidation sites excluding steroid dienone is 1. The number of nitrogens with zero attached hydrogens (tertiary/aromatic N) is 3. The molecule has 5 nitrogen and oxygen atoms in total. The van der Waals surface area contributed by atoms with Crippen LogP contribution in [-0.2, 0) is 4.74 Å². The van der Waals surface area contributed by atoms with Gasteiger partial charge in [-0.05, 0) is 55.3 Å². The van der Waals surface area contributed by atoms with Crippen LogP contribution in [0, 0.1) is 12.7 Å². The zero-order valence-electron chi connectivity index (χ0n) is 17.1. The van der Waals surface area contributed by atoms with Gasteiger partial charge in [0.1, 0.15) is 17.4 Å². The van der Waals surface area contributed by atoms with Gasteiger partial charge < -0.3 is 14.7 Å². The van der Waals surface area contributed by atoms with Gasteiger partial charge in [0.05, 0.1) is 24.5 Å².